The van der Waals surface area contributed by atoms with Gasteiger partial charge < -0.3 is 14.4 Å². The fraction of sp³-hybridized carbons (Fsp3) is 0.267. The van der Waals surface area contributed by atoms with Crippen molar-refractivity contribution in [2.45, 2.75) is 6.42 Å². The summed E-state index contributed by atoms with van der Waals surface area (Å²) in [6.07, 6.45) is 3.34. The van der Waals surface area contributed by atoms with Gasteiger partial charge in [-0.15, -0.1) is 0 Å². The number of hydrogen-bond donors (Lipinski definition) is 0. The van der Waals surface area contributed by atoms with Crippen LogP contribution in [-0.4, -0.2) is 35.6 Å². The molecule has 22 heavy (non-hydrogen) atoms. The molecule has 1 saturated heterocycles. The second-order valence-electron chi connectivity index (χ2n) is 4.69. The molecule has 0 unspecified atom stereocenters. The monoisotopic (exact) mass is 303 g/mol. The highest BCUT2D eigenvalue weighted by atomic mass is 19.1. The maximum absolute atomic E-state index is 13.1. The van der Waals surface area contributed by atoms with Crippen molar-refractivity contribution in [3.8, 4) is 11.8 Å². The SMILES string of the molecule is O=C1CCOCCN1c1cnc(Oc2cccc(F)c2)nc1. The van der Waals surface area contributed by atoms with Gasteiger partial charge in [-0.2, -0.15) is 0 Å². The summed E-state index contributed by atoms with van der Waals surface area (Å²) in [7, 11) is 0. The molecule has 2 heterocycles. The van der Waals surface area contributed by atoms with Gasteiger partial charge in [0.15, 0.2) is 0 Å². The summed E-state index contributed by atoms with van der Waals surface area (Å²) in [4.78, 5) is 21.6. The van der Waals surface area contributed by atoms with Gasteiger partial charge in [0.05, 0.1) is 37.7 Å². The smallest absolute Gasteiger partial charge is 0.322 e. The number of carbonyl (C=O) groups is 1. The van der Waals surface area contributed by atoms with Gasteiger partial charge in [0.1, 0.15) is 11.6 Å². The van der Waals surface area contributed by atoms with Gasteiger partial charge in [-0.25, -0.2) is 14.4 Å². The fourth-order valence-corrected chi connectivity index (χ4v) is 2.09. The van der Waals surface area contributed by atoms with E-state index in [0.717, 1.165) is 0 Å². The zero-order chi connectivity index (χ0) is 15.4. The van der Waals surface area contributed by atoms with Gasteiger partial charge in [0.25, 0.3) is 0 Å². The molecular formula is C15H14FN3O3. The van der Waals surface area contributed by atoms with Crippen LogP contribution in [-0.2, 0) is 9.53 Å². The predicted octanol–water partition coefficient (Wildman–Crippen LogP) is 2.16. The van der Waals surface area contributed by atoms with Crippen molar-refractivity contribution >= 4 is 11.6 Å². The Labute approximate surface area is 126 Å². The largest absolute Gasteiger partial charge is 0.424 e. The lowest BCUT2D eigenvalue weighted by Crippen LogP contribution is -2.31. The highest BCUT2D eigenvalue weighted by Crippen LogP contribution is 2.21. The summed E-state index contributed by atoms with van der Waals surface area (Å²) in [6.45, 7) is 1.37. The minimum atomic E-state index is -0.399. The summed E-state index contributed by atoms with van der Waals surface area (Å²) < 4.78 is 23.7. The van der Waals surface area contributed by atoms with Gasteiger partial charge in [0.2, 0.25) is 5.91 Å². The molecule has 0 saturated carbocycles. The van der Waals surface area contributed by atoms with Crippen LogP contribution >= 0.6 is 0 Å². The highest BCUT2D eigenvalue weighted by molar-refractivity contribution is 5.93. The summed E-state index contributed by atoms with van der Waals surface area (Å²) in [5.74, 6) is -0.115. The number of carbonyl (C=O) groups excluding carboxylic acids is 1. The first kappa shape index (κ1) is 14.4. The topological polar surface area (TPSA) is 64.5 Å². The molecule has 2 aromatic rings. The lowest BCUT2D eigenvalue weighted by Gasteiger charge is -2.19. The lowest BCUT2D eigenvalue weighted by atomic mass is 10.3. The third kappa shape index (κ3) is 3.37. The molecule has 114 valence electrons. The Kier molecular flexibility index (Phi) is 4.24. The Morgan fingerprint density at radius 1 is 1.23 bits per heavy atom. The van der Waals surface area contributed by atoms with E-state index in [0.29, 0.717) is 37.6 Å². The lowest BCUT2D eigenvalue weighted by molar-refractivity contribution is -0.118. The molecule has 1 aliphatic rings. The van der Waals surface area contributed by atoms with Crippen molar-refractivity contribution in [2.75, 3.05) is 24.7 Å². The van der Waals surface area contributed by atoms with E-state index in [1.54, 1.807) is 11.0 Å². The Bertz CT molecular complexity index is 663. The van der Waals surface area contributed by atoms with Crippen LogP contribution in [0, 0.1) is 5.82 Å². The van der Waals surface area contributed by atoms with Crippen molar-refractivity contribution < 1.29 is 18.7 Å². The molecule has 7 heteroatoms. The van der Waals surface area contributed by atoms with Crippen LogP contribution in [0.15, 0.2) is 36.7 Å². The Balaban J connectivity index is 1.73. The molecule has 1 aromatic carbocycles. The van der Waals surface area contributed by atoms with Crippen molar-refractivity contribution in [3.63, 3.8) is 0 Å². The Morgan fingerprint density at radius 2 is 2.05 bits per heavy atom. The van der Waals surface area contributed by atoms with Crippen molar-refractivity contribution in [1.82, 2.24) is 9.97 Å². The molecule has 0 bridgehead atoms. The second-order valence-corrected chi connectivity index (χ2v) is 4.69. The van der Waals surface area contributed by atoms with E-state index in [2.05, 4.69) is 9.97 Å². The van der Waals surface area contributed by atoms with E-state index in [1.165, 1.54) is 30.6 Å². The number of hydrogen-bond acceptors (Lipinski definition) is 5. The van der Waals surface area contributed by atoms with Crippen LogP contribution < -0.4 is 9.64 Å². The number of rotatable bonds is 3. The third-order valence-electron chi connectivity index (χ3n) is 3.15. The molecule has 0 radical (unpaired) electrons. The van der Waals surface area contributed by atoms with Gasteiger partial charge in [0, 0.05) is 12.6 Å². The molecule has 0 atom stereocenters. The number of halogens is 1. The van der Waals surface area contributed by atoms with Gasteiger partial charge >= 0.3 is 6.01 Å². The number of amides is 1. The Morgan fingerprint density at radius 3 is 2.82 bits per heavy atom. The summed E-state index contributed by atoms with van der Waals surface area (Å²) in [5, 5.41) is 0. The Hall–Kier alpha value is -2.54. The number of nitrogens with zero attached hydrogens (tertiary/aromatic N) is 3. The van der Waals surface area contributed by atoms with Crippen LogP contribution in [0.3, 0.4) is 0 Å². The first-order valence-electron chi connectivity index (χ1n) is 6.86. The maximum atomic E-state index is 13.1. The van der Waals surface area contributed by atoms with E-state index in [4.69, 9.17) is 9.47 Å². The molecule has 3 rings (SSSR count). The quantitative estimate of drug-likeness (QED) is 0.869. The first-order valence-corrected chi connectivity index (χ1v) is 6.86. The average molecular weight is 303 g/mol. The van der Waals surface area contributed by atoms with Crippen molar-refractivity contribution in [3.05, 3.63) is 42.5 Å². The number of anilines is 1. The molecule has 0 aliphatic carbocycles. The number of ether oxygens (including phenoxy) is 2. The summed E-state index contributed by atoms with van der Waals surface area (Å²) in [6, 6.07) is 5.80. The van der Waals surface area contributed by atoms with Crippen LogP contribution in [0.4, 0.5) is 10.1 Å². The summed E-state index contributed by atoms with van der Waals surface area (Å²) in [5.41, 5.74) is 0.585. The molecule has 1 aromatic heterocycles. The van der Waals surface area contributed by atoms with E-state index in [1.807, 2.05) is 0 Å². The van der Waals surface area contributed by atoms with E-state index in [9.17, 15) is 9.18 Å². The zero-order valence-corrected chi connectivity index (χ0v) is 11.7. The van der Waals surface area contributed by atoms with Gasteiger partial charge in [-0.3, -0.25) is 4.79 Å². The second kappa shape index (κ2) is 6.48. The van der Waals surface area contributed by atoms with E-state index in [-0.39, 0.29) is 11.9 Å². The average Bonchev–Trinajstić information content (AvgIpc) is 2.73. The van der Waals surface area contributed by atoms with Gasteiger partial charge in [-0.05, 0) is 12.1 Å². The summed E-state index contributed by atoms with van der Waals surface area (Å²) >= 11 is 0. The van der Waals surface area contributed by atoms with Crippen LogP contribution in [0.5, 0.6) is 11.8 Å². The van der Waals surface area contributed by atoms with E-state index >= 15 is 0 Å². The van der Waals surface area contributed by atoms with Crippen LogP contribution in [0.25, 0.3) is 0 Å². The molecule has 1 aliphatic heterocycles. The molecular weight excluding hydrogens is 289 g/mol. The predicted molar refractivity (Wildman–Crippen MR) is 76.3 cm³/mol. The van der Waals surface area contributed by atoms with Crippen molar-refractivity contribution in [1.29, 1.82) is 0 Å². The fourth-order valence-electron chi connectivity index (χ4n) is 2.09. The minimum Gasteiger partial charge on any atom is -0.424 e. The normalized spacial score (nSPS) is 15.5. The molecule has 1 amide bonds. The first-order chi connectivity index (χ1) is 10.7. The number of benzene rings is 1. The van der Waals surface area contributed by atoms with E-state index < -0.39 is 5.82 Å². The third-order valence-corrected chi connectivity index (χ3v) is 3.15. The zero-order valence-electron chi connectivity index (χ0n) is 11.7. The van der Waals surface area contributed by atoms with Crippen molar-refractivity contribution in [2.24, 2.45) is 0 Å². The molecule has 6 nitrogen and oxygen atoms in total. The number of aromatic nitrogens is 2. The van der Waals surface area contributed by atoms with Crippen LogP contribution in [0.1, 0.15) is 6.42 Å². The molecule has 1 fully saturated rings. The minimum absolute atomic E-state index is 0.0279. The van der Waals surface area contributed by atoms with Gasteiger partial charge in [-0.1, -0.05) is 6.07 Å². The molecule has 0 spiro atoms. The maximum Gasteiger partial charge on any atom is 0.322 e. The highest BCUT2D eigenvalue weighted by Gasteiger charge is 2.19. The van der Waals surface area contributed by atoms with Crippen LogP contribution in [0.2, 0.25) is 0 Å². The molecule has 0 N–H and O–H groups in total. The standard InChI is InChI=1S/C15H14FN3O3/c16-11-2-1-3-13(8-11)22-15-17-9-12(10-18-15)19-5-7-21-6-4-14(19)20/h1-3,8-10H,4-7H2.